The molecule has 0 saturated carbocycles. The number of fused-ring (bicyclic) bond motifs is 1. The van der Waals surface area contributed by atoms with Crippen molar-refractivity contribution in [1.29, 1.82) is 0 Å². The molecule has 0 saturated heterocycles. The fourth-order valence-corrected chi connectivity index (χ4v) is 3.40. The predicted molar refractivity (Wildman–Crippen MR) is 105 cm³/mol. The minimum absolute atomic E-state index is 0.00762. The molecule has 0 fully saturated rings. The maximum Gasteiger partial charge on any atom is 0.222 e. The van der Waals surface area contributed by atoms with Gasteiger partial charge in [-0.25, -0.2) is 13.9 Å². The SMILES string of the molecule is COc1ccc(CN(C)C(=O)CCc2c(C)nc3cc(C)nn3c2C)cc1F. The fraction of sp³-hybridized carbons (Fsp3) is 0.381. The lowest BCUT2D eigenvalue weighted by Crippen LogP contribution is -2.26. The summed E-state index contributed by atoms with van der Waals surface area (Å²) in [5.74, 6) is -0.242. The largest absolute Gasteiger partial charge is 0.494 e. The van der Waals surface area contributed by atoms with E-state index < -0.39 is 5.82 Å². The number of ether oxygens (including phenoxy) is 1. The Morgan fingerprint density at radius 2 is 2.00 bits per heavy atom. The Bertz CT molecular complexity index is 1030. The Morgan fingerprint density at radius 1 is 1.25 bits per heavy atom. The van der Waals surface area contributed by atoms with Crippen molar-refractivity contribution in [3.05, 3.63) is 58.3 Å². The highest BCUT2D eigenvalue weighted by Gasteiger charge is 2.15. The summed E-state index contributed by atoms with van der Waals surface area (Å²) in [6.07, 6.45) is 0.934. The lowest BCUT2D eigenvalue weighted by Gasteiger charge is -2.18. The van der Waals surface area contributed by atoms with E-state index in [0.29, 0.717) is 19.4 Å². The number of amides is 1. The van der Waals surface area contributed by atoms with E-state index in [1.54, 1.807) is 24.1 Å². The van der Waals surface area contributed by atoms with Crippen LogP contribution in [0.5, 0.6) is 5.75 Å². The number of halogens is 1. The minimum atomic E-state index is -0.430. The molecule has 1 aromatic carbocycles. The molecule has 0 aliphatic carbocycles. The molecular formula is C21H25FN4O2. The third-order valence-corrected chi connectivity index (χ3v) is 4.94. The first-order valence-electron chi connectivity index (χ1n) is 9.19. The number of nitrogens with zero attached hydrogens (tertiary/aromatic N) is 4. The molecule has 0 unspecified atom stereocenters. The molecule has 7 heteroatoms. The normalized spacial score (nSPS) is 11.1. The first kappa shape index (κ1) is 19.8. The van der Waals surface area contributed by atoms with Crippen LogP contribution < -0.4 is 4.74 Å². The van der Waals surface area contributed by atoms with Gasteiger partial charge >= 0.3 is 0 Å². The number of hydrogen-bond donors (Lipinski definition) is 0. The Morgan fingerprint density at radius 3 is 2.68 bits per heavy atom. The zero-order valence-corrected chi connectivity index (χ0v) is 16.9. The third-order valence-electron chi connectivity index (χ3n) is 4.94. The van der Waals surface area contributed by atoms with Gasteiger partial charge in [-0.05, 0) is 50.5 Å². The number of rotatable bonds is 6. The van der Waals surface area contributed by atoms with Gasteiger partial charge in [-0.3, -0.25) is 4.79 Å². The molecule has 28 heavy (non-hydrogen) atoms. The second kappa shape index (κ2) is 7.96. The van der Waals surface area contributed by atoms with Crippen molar-refractivity contribution in [2.45, 2.75) is 40.2 Å². The summed E-state index contributed by atoms with van der Waals surface area (Å²) in [6.45, 7) is 6.23. The smallest absolute Gasteiger partial charge is 0.222 e. The van der Waals surface area contributed by atoms with E-state index in [2.05, 4.69) is 10.1 Å². The molecule has 0 aliphatic rings. The summed E-state index contributed by atoms with van der Waals surface area (Å²) in [5, 5.41) is 4.47. The molecule has 2 aromatic heterocycles. The van der Waals surface area contributed by atoms with Crippen LogP contribution >= 0.6 is 0 Å². The Kier molecular flexibility index (Phi) is 5.63. The van der Waals surface area contributed by atoms with Gasteiger partial charge in [0.1, 0.15) is 0 Å². The maximum absolute atomic E-state index is 13.8. The summed E-state index contributed by atoms with van der Waals surface area (Å²) in [6, 6.07) is 6.67. The average Bonchev–Trinajstić information content (AvgIpc) is 3.01. The van der Waals surface area contributed by atoms with Gasteiger partial charge in [-0.2, -0.15) is 5.10 Å². The summed E-state index contributed by atoms with van der Waals surface area (Å²) >= 11 is 0. The van der Waals surface area contributed by atoms with E-state index in [1.165, 1.54) is 13.2 Å². The number of aryl methyl sites for hydroxylation is 3. The predicted octanol–water partition coefficient (Wildman–Crippen LogP) is 3.39. The van der Waals surface area contributed by atoms with Crippen LogP contribution in [0.25, 0.3) is 5.65 Å². The van der Waals surface area contributed by atoms with Crippen molar-refractivity contribution >= 4 is 11.6 Å². The lowest BCUT2D eigenvalue weighted by atomic mass is 10.1. The van der Waals surface area contributed by atoms with E-state index >= 15 is 0 Å². The number of methoxy groups -OCH3 is 1. The van der Waals surface area contributed by atoms with Crippen molar-refractivity contribution < 1.29 is 13.9 Å². The minimum Gasteiger partial charge on any atom is -0.494 e. The molecular weight excluding hydrogens is 359 g/mol. The van der Waals surface area contributed by atoms with E-state index in [9.17, 15) is 9.18 Å². The summed E-state index contributed by atoms with van der Waals surface area (Å²) in [5.41, 5.74) is 5.40. The van der Waals surface area contributed by atoms with Gasteiger partial charge in [0.25, 0.3) is 0 Å². The van der Waals surface area contributed by atoms with Gasteiger partial charge in [0.15, 0.2) is 17.2 Å². The molecule has 0 atom stereocenters. The van der Waals surface area contributed by atoms with Gasteiger partial charge < -0.3 is 9.64 Å². The molecule has 2 heterocycles. The molecule has 3 aromatic rings. The molecule has 0 bridgehead atoms. The molecule has 0 N–H and O–H groups in total. The standard InChI is InChI=1S/C21H25FN4O2/c1-13-10-20-23-14(2)17(15(3)26(20)24-13)7-9-21(27)25(4)12-16-6-8-19(28-5)18(22)11-16/h6,8,10-11H,7,9,12H2,1-5H3. The summed E-state index contributed by atoms with van der Waals surface area (Å²) < 4.78 is 20.6. The van der Waals surface area contributed by atoms with Gasteiger partial charge in [-0.15, -0.1) is 0 Å². The Hall–Kier alpha value is -2.96. The Labute approximate surface area is 163 Å². The fourth-order valence-electron chi connectivity index (χ4n) is 3.40. The van der Waals surface area contributed by atoms with E-state index in [1.807, 2.05) is 31.4 Å². The van der Waals surface area contributed by atoms with Crippen LogP contribution in [-0.2, 0) is 17.8 Å². The first-order valence-corrected chi connectivity index (χ1v) is 9.19. The number of benzene rings is 1. The van der Waals surface area contributed by atoms with Crippen LogP contribution in [0.15, 0.2) is 24.3 Å². The van der Waals surface area contributed by atoms with Crippen molar-refractivity contribution in [2.24, 2.45) is 0 Å². The van der Waals surface area contributed by atoms with Gasteiger partial charge in [0, 0.05) is 37.5 Å². The van der Waals surface area contributed by atoms with E-state index in [4.69, 9.17) is 4.74 Å². The molecule has 3 rings (SSSR count). The zero-order valence-electron chi connectivity index (χ0n) is 16.9. The highest BCUT2D eigenvalue weighted by molar-refractivity contribution is 5.76. The topological polar surface area (TPSA) is 59.7 Å². The number of carbonyl (C=O) groups excluding carboxylic acids is 1. The molecule has 1 amide bonds. The van der Waals surface area contributed by atoms with Gasteiger partial charge in [-0.1, -0.05) is 6.07 Å². The van der Waals surface area contributed by atoms with Gasteiger partial charge in [0.05, 0.1) is 12.8 Å². The van der Waals surface area contributed by atoms with Gasteiger partial charge in [0.2, 0.25) is 5.91 Å². The van der Waals surface area contributed by atoms with Crippen molar-refractivity contribution in [1.82, 2.24) is 19.5 Å². The van der Waals surface area contributed by atoms with E-state index in [-0.39, 0.29) is 11.7 Å². The van der Waals surface area contributed by atoms with Crippen molar-refractivity contribution in [3.8, 4) is 5.75 Å². The van der Waals surface area contributed by atoms with Crippen LogP contribution in [0.4, 0.5) is 4.39 Å². The highest BCUT2D eigenvalue weighted by Crippen LogP contribution is 2.20. The second-order valence-corrected chi connectivity index (χ2v) is 7.04. The molecule has 0 radical (unpaired) electrons. The second-order valence-electron chi connectivity index (χ2n) is 7.04. The Balaban J connectivity index is 1.68. The summed E-state index contributed by atoms with van der Waals surface area (Å²) in [7, 11) is 3.15. The van der Waals surface area contributed by atoms with Crippen LogP contribution in [0.2, 0.25) is 0 Å². The molecule has 0 aliphatic heterocycles. The van der Waals surface area contributed by atoms with Crippen LogP contribution in [0.3, 0.4) is 0 Å². The number of aromatic nitrogens is 3. The quantitative estimate of drug-likeness (QED) is 0.654. The van der Waals surface area contributed by atoms with Crippen molar-refractivity contribution in [2.75, 3.05) is 14.2 Å². The van der Waals surface area contributed by atoms with Crippen LogP contribution in [0, 0.1) is 26.6 Å². The highest BCUT2D eigenvalue weighted by atomic mass is 19.1. The van der Waals surface area contributed by atoms with E-state index in [0.717, 1.165) is 33.9 Å². The summed E-state index contributed by atoms with van der Waals surface area (Å²) in [4.78, 5) is 18.8. The molecule has 0 spiro atoms. The number of hydrogen-bond acceptors (Lipinski definition) is 4. The number of carbonyl (C=O) groups is 1. The third kappa shape index (κ3) is 3.98. The monoisotopic (exact) mass is 384 g/mol. The lowest BCUT2D eigenvalue weighted by molar-refractivity contribution is -0.130. The van der Waals surface area contributed by atoms with Crippen LogP contribution in [-0.4, -0.2) is 39.6 Å². The van der Waals surface area contributed by atoms with Crippen LogP contribution in [0.1, 0.15) is 34.6 Å². The zero-order chi connectivity index (χ0) is 20.4. The first-order chi connectivity index (χ1) is 13.3. The van der Waals surface area contributed by atoms with Crippen molar-refractivity contribution in [3.63, 3.8) is 0 Å². The molecule has 6 nitrogen and oxygen atoms in total. The average molecular weight is 384 g/mol. The molecule has 148 valence electrons. The maximum atomic E-state index is 13.8.